The van der Waals surface area contributed by atoms with Crippen LogP contribution in [0, 0.1) is 12.7 Å². The zero-order valence-electron chi connectivity index (χ0n) is 10.3. The Bertz CT molecular complexity index is 549. The second-order valence-electron chi connectivity index (χ2n) is 3.91. The van der Waals surface area contributed by atoms with Gasteiger partial charge >= 0.3 is 0 Å². The largest absolute Gasteiger partial charge is 0.496 e. The number of nitrogens with zero attached hydrogens (tertiary/aromatic N) is 2. The normalized spacial score (nSPS) is 10.4. The lowest BCUT2D eigenvalue weighted by molar-refractivity contribution is 0.410. The monoisotopic (exact) mass is 247 g/mol. The second kappa shape index (κ2) is 5.00. The summed E-state index contributed by atoms with van der Waals surface area (Å²) in [4.78, 5) is 8.02. The Morgan fingerprint density at radius 1 is 1.28 bits per heavy atom. The number of nitrogens with two attached hydrogens (primary N) is 1. The number of hydrogen-bond donors (Lipinski definition) is 1. The molecule has 0 saturated heterocycles. The Balaban J connectivity index is 2.34. The molecule has 0 fully saturated rings. The number of aryl methyl sites for hydroxylation is 1. The lowest BCUT2D eigenvalue weighted by Crippen LogP contribution is -2.06. The SMILES string of the molecule is COc1ccccc1Cc1nc(C)c(F)c(N)n1. The van der Waals surface area contributed by atoms with E-state index in [0.29, 0.717) is 12.2 Å². The predicted octanol–water partition coefficient (Wildman–Crippen LogP) is 2.11. The molecule has 0 bridgehead atoms. The number of rotatable bonds is 3. The van der Waals surface area contributed by atoms with Crippen LogP contribution in [0.5, 0.6) is 5.75 Å². The van der Waals surface area contributed by atoms with Gasteiger partial charge in [0.15, 0.2) is 11.6 Å². The third-order valence-electron chi connectivity index (χ3n) is 2.63. The summed E-state index contributed by atoms with van der Waals surface area (Å²) in [5.41, 5.74) is 6.68. The van der Waals surface area contributed by atoms with E-state index < -0.39 is 5.82 Å². The number of hydrogen-bond acceptors (Lipinski definition) is 4. The van der Waals surface area contributed by atoms with Gasteiger partial charge in [0.05, 0.1) is 12.8 Å². The minimum absolute atomic E-state index is 0.118. The molecular formula is C13H14FN3O. The van der Waals surface area contributed by atoms with E-state index in [1.54, 1.807) is 14.0 Å². The molecule has 1 heterocycles. The number of halogens is 1. The molecule has 1 aromatic heterocycles. The van der Waals surface area contributed by atoms with Crippen LogP contribution in [-0.2, 0) is 6.42 Å². The van der Waals surface area contributed by atoms with Crippen LogP contribution in [0.2, 0.25) is 0 Å². The molecule has 1 aromatic carbocycles. The van der Waals surface area contributed by atoms with E-state index in [9.17, 15) is 4.39 Å². The predicted molar refractivity (Wildman–Crippen MR) is 66.9 cm³/mol. The summed E-state index contributed by atoms with van der Waals surface area (Å²) in [5, 5.41) is 0. The number of anilines is 1. The van der Waals surface area contributed by atoms with Crippen LogP contribution in [0.4, 0.5) is 10.2 Å². The average molecular weight is 247 g/mol. The Labute approximate surface area is 105 Å². The number of ether oxygens (including phenoxy) is 1. The molecule has 0 aliphatic carbocycles. The van der Waals surface area contributed by atoms with Crippen molar-refractivity contribution in [1.82, 2.24) is 9.97 Å². The molecule has 2 N–H and O–H groups in total. The fourth-order valence-corrected chi connectivity index (χ4v) is 1.74. The highest BCUT2D eigenvalue weighted by molar-refractivity contribution is 5.37. The molecule has 0 saturated carbocycles. The summed E-state index contributed by atoms with van der Waals surface area (Å²) in [6.07, 6.45) is 0.454. The van der Waals surface area contributed by atoms with E-state index in [1.165, 1.54) is 0 Å². The van der Waals surface area contributed by atoms with Gasteiger partial charge in [0, 0.05) is 12.0 Å². The van der Waals surface area contributed by atoms with Crippen LogP contribution in [-0.4, -0.2) is 17.1 Å². The molecule has 0 amide bonds. The van der Waals surface area contributed by atoms with Gasteiger partial charge in [-0.1, -0.05) is 18.2 Å². The van der Waals surface area contributed by atoms with Crippen LogP contribution in [0.1, 0.15) is 17.1 Å². The quantitative estimate of drug-likeness (QED) is 0.902. The lowest BCUT2D eigenvalue weighted by Gasteiger charge is -2.08. The van der Waals surface area contributed by atoms with Crippen LogP contribution in [0.15, 0.2) is 24.3 Å². The van der Waals surface area contributed by atoms with Crippen LogP contribution < -0.4 is 10.5 Å². The van der Waals surface area contributed by atoms with Gasteiger partial charge < -0.3 is 10.5 Å². The third kappa shape index (κ3) is 2.40. The summed E-state index contributed by atoms with van der Waals surface area (Å²) in [5.74, 6) is 0.559. The summed E-state index contributed by atoms with van der Waals surface area (Å²) in [6.45, 7) is 1.57. The molecule has 2 rings (SSSR count). The van der Waals surface area contributed by atoms with E-state index in [2.05, 4.69) is 9.97 Å². The minimum Gasteiger partial charge on any atom is -0.496 e. The summed E-state index contributed by atoms with van der Waals surface area (Å²) >= 11 is 0. The van der Waals surface area contributed by atoms with Crippen LogP contribution in [0.3, 0.4) is 0 Å². The lowest BCUT2D eigenvalue weighted by atomic mass is 10.1. The fraction of sp³-hybridized carbons (Fsp3) is 0.231. The van der Waals surface area contributed by atoms with Crippen molar-refractivity contribution >= 4 is 5.82 Å². The first-order chi connectivity index (χ1) is 8.61. The van der Waals surface area contributed by atoms with Crippen molar-refractivity contribution in [2.24, 2.45) is 0 Å². The average Bonchev–Trinajstić information content (AvgIpc) is 2.36. The molecule has 0 spiro atoms. The van der Waals surface area contributed by atoms with Crippen molar-refractivity contribution < 1.29 is 9.13 Å². The van der Waals surface area contributed by atoms with Crippen molar-refractivity contribution in [3.05, 3.63) is 47.2 Å². The molecule has 0 aliphatic heterocycles. The van der Waals surface area contributed by atoms with Crippen molar-refractivity contribution in [2.75, 3.05) is 12.8 Å². The first-order valence-corrected chi connectivity index (χ1v) is 5.52. The first-order valence-electron chi connectivity index (χ1n) is 5.52. The topological polar surface area (TPSA) is 61.0 Å². The Kier molecular flexibility index (Phi) is 3.41. The van der Waals surface area contributed by atoms with Crippen molar-refractivity contribution in [3.8, 4) is 5.75 Å². The second-order valence-corrected chi connectivity index (χ2v) is 3.91. The molecule has 0 aliphatic rings. The molecule has 2 aromatic rings. The molecular weight excluding hydrogens is 233 g/mol. The Morgan fingerprint density at radius 3 is 2.67 bits per heavy atom. The van der Waals surface area contributed by atoms with Gasteiger partial charge in [-0.25, -0.2) is 14.4 Å². The number of methoxy groups -OCH3 is 1. The molecule has 4 nitrogen and oxygen atoms in total. The van der Waals surface area contributed by atoms with E-state index in [1.807, 2.05) is 24.3 Å². The molecule has 0 unspecified atom stereocenters. The Morgan fingerprint density at radius 2 is 2.00 bits per heavy atom. The zero-order chi connectivity index (χ0) is 13.1. The number of para-hydroxylation sites is 1. The maximum atomic E-state index is 13.3. The van der Waals surface area contributed by atoms with Crippen molar-refractivity contribution in [2.45, 2.75) is 13.3 Å². The van der Waals surface area contributed by atoms with Gasteiger partial charge in [0.2, 0.25) is 0 Å². The minimum atomic E-state index is -0.557. The molecule has 0 atom stereocenters. The van der Waals surface area contributed by atoms with Gasteiger partial charge in [-0.2, -0.15) is 0 Å². The molecule has 5 heteroatoms. The van der Waals surface area contributed by atoms with Crippen LogP contribution in [0.25, 0.3) is 0 Å². The highest BCUT2D eigenvalue weighted by Crippen LogP contribution is 2.20. The van der Waals surface area contributed by atoms with Crippen molar-refractivity contribution in [1.29, 1.82) is 0 Å². The van der Waals surface area contributed by atoms with Gasteiger partial charge in [-0.05, 0) is 13.0 Å². The molecule has 94 valence electrons. The molecule has 18 heavy (non-hydrogen) atoms. The first kappa shape index (κ1) is 12.3. The third-order valence-corrected chi connectivity index (χ3v) is 2.63. The summed E-state index contributed by atoms with van der Waals surface area (Å²) in [7, 11) is 1.60. The summed E-state index contributed by atoms with van der Waals surface area (Å²) in [6, 6.07) is 7.55. The standard InChI is InChI=1S/C13H14FN3O/c1-8-12(14)13(15)17-11(16-8)7-9-5-3-4-6-10(9)18-2/h3-6H,7H2,1-2H3,(H2,15,16,17). The number of nitrogen functional groups attached to an aromatic ring is 1. The Hall–Kier alpha value is -2.17. The highest BCUT2D eigenvalue weighted by Gasteiger charge is 2.10. The number of benzene rings is 1. The molecule has 0 radical (unpaired) electrons. The van der Waals surface area contributed by atoms with E-state index in [4.69, 9.17) is 10.5 Å². The fourth-order valence-electron chi connectivity index (χ4n) is 1.74. The maximum Gasteiger partial charge on any atom is 0.186 e. The summed E-state index contributed by atoms with van der Waals surface area (Å²) < 4.78 is 18.6. The van der Waals surface area contributed by atoms with E-state index in [0.717, 1.165) is 11.3 Å². The smallest absolute Gasteiger partial charge is 0.186 e. The van der Waals surface area contributed by atoms with E-state index in [-0.39, 0.29) is 11.5 Å². The van der Waals surface area contributed by atoms with Gasteiger partial charge in [-0.15, -0.1) is 0 Å². The van der Waals surface area contributed by atoms with Gasteiger partial charge in [-0.3, -0.25) is 0 Å². The van der Waals surface area contributed by atoms with E-state index >= 15 is 0 Å². The van der Waals surface area contributed by atoms with Gasteiger partial charge in [0.1, 0.15) is 11.6 Å². The highest BCUT2D eigenvalue weighted by atomic mass is 19.1. The van der Waals surface area contributed by atoms with Crippen LogP contribution >= 0.6 is 0 Å². The maximum absolute atomic E-state index is 13.3. The zero-order valence-corrected chi connectivity index (χ0v) is 10.3. The van der Waals surface area contributed by atoms with Crippen molar-refractivity contribution in [3.63, 3.8) is 0 Å². The number of aromatic nitrogens is 2. The van der Waals surface area contributed by atoms with Gasteiger partial charge in [0.25, 0.3) is 0 Å².